The summed E-state index contributed by atoms with van der Waals surface area (Å²) in [6, 6.07) is 0. The van der Waals surface area contributed by atoms with Crippen LogP contribution in [0.3, 0.4) is 0 Å². The molecule has 46 heavy (non-hydrogen) atoms. The molecule has 0 saturated heterocycles. The van der Waals surface area contributed by atoms with Crippen LogP contribution in [0.15, 0.2) is 0 Å². The van der Waals surface area contributed by atoms with E-state index in [2.05, 4.69) is 24.5 Å². The van der Waals surface area contributed by atoms with Gasteiger partial charge in [0.2, 0.25) is 11.8 Å². The van der Waals surface area contributed by atoms with Crippen LogP contribution in [0.5, 0.6) is 0 Å². The predicted octanol–water partition coefficient (Wildman–Crippen LogP) is 0.0265. The van der Waals surface area contributed by atoms with Crippen LogP contribution in [0.1, 0.15) is 152 Å². The Morgan fingerprint density at radius 1 is 0.609 bits per heavy atom. The summed E-state index contributed by atoms with van der Waals surface area (Å²) in [6.45, 7) is 3.88. The van der Waals surface area contributed by atoms with Gasteiger partial charge in [0, 0.05) is 12.8 Å². The van der Waals surface area contributed by atoms with Crippen LogP contribution < -0.4 is 69.7 Å². The molecule has 0 spiro atoms. The van der Waals surface area contributed by atoms with Crippen molar-refractivity contribution in [2.45, 2.75) is 154 Å². The monoisotopic (exact) mass is 696 g/mol. The summed E-state index contributed by atoms with van der Waals surface area (Å²) in [5, 5.41) is 3.09. The summed E-state index contributed by atoms with van der Waals surface area (Å²) >= 11 is 0. The summed E-state index contributed by atoms with van der Waals surface area (Å²) in [4.78, 5) is 48.2. The van der Waals surface area contributed by atoms with Crippen molar-refractivity contribution in [2.75, 3.05) is 26.3 Å². The number of rotatable bonds is 30. The zero-order valence-corrected chi connectivity index (χ0v) is 34.2. The van der Waals surface area contributed by atoms with Crippen molar-refractivity contribution in [2.24, 2.45) is 0 Å². The third-order valence-electron chi connectivity index (χ3n) is 7.35. The first-order valence-electron chi connectivity index (χ1n) is 16.9. The molecule has 0 aliphatic carbocycles. The first kappa shape index (κ1) is 50.2. The fraction of sp³-hybridized carbons (Fsp3) is 0.875. The molecule has 262 valence electrons. The Bertz CT molecular complexity index is 905. The van der Waals surface area contributed by atoms with E-state index in [0.717, 1.165) is 38.5 Å². The van der Waals surface area contributed by atoms with Crippen molar-refractivity contribution in [1.29, 1.82) is 0 Å². The second-order valence-electron chi connectivity index (χ2n) is 11.5. The normalized spacial score (nSPS) is 11.5. The van der Waals surface area contributed by atoms with Gasteiger partial charge < -0.3 is 23.0 Å². The predicted molar refractivity (Wildman–Crippen MR) is 174 cm³/mol. The molecule has 2 amide bonds. The molecule has 0 radical (unpaired) electrons. The van der Waals surface area contributed by atoms with Gasteiger partial charge in [-0.25, -0.2) is 0 Å². The zero-order chi connectivity index (χ0) is 32.9. The Balaban J connectivity index is -0.00000154. The third-order valence-corrected chi connectivity index (χ3v) is 8.42. The molecule has 11 nitrogen and oxygen atoms in total. The molecule has 0 aliphatic rings. The number of unbranched alkanes of at least 4 members (excludes halogenated alkanes) is 16. The van der Waals surface area contributed by atoms with Gasteiger partial charge in [0.15, 0.2) is 5.25 Å². The van der Waals surface area contributed by atoms with Gasteiger partial charge in [0.1, 0.15) is 13.2 Å². The molecule has 0 aromatic rings. The van der Waals surface area contributed by atoms with Crippen LogP contribution in [0.25, 0.3) is 0 Å². The van der Waals surface area contributed by atoms with E-state index in [0.29, 0.717) is 12.8 Å². The zero-order valence-electron chi connectivity index (χ0n) is 31.4. The molecule has 14 heteroatoms. The summed E-state index contributed by atoms with van der Waals surface area (Å²) in [5.41, 5.74) is 0. The number of hydrogen-bond acceptors (Lipinski definition) is 8. The van der Waals surface area contributed by atoms with Gasteiger partial charge in [-0.2, -0.15) is 8.42 Å². The molecule has 1 unspecified atom stereocenters. The quantitative estimate of drug-likeness (QED) is 0.0407. The maximum absolute atomic E-state index is 12.2. The standard InChI is InChI=1S/C32H60N2O9S.2Na.2H/c1-3-5-7-9-11-13-15-17-19-21-29(35)33-23-25-42-31(37)27-28(44(39,40)41)32(38)43-26-24-34-30(36)22-20-18-16-14-12-10-8-6-4-2;;;;/h28H,3-27H2,1-2H3,(H,33,35)(H,34,36)(H,39,40,41);;;;/q;2*+1;2*-1. The van der Waals surface area contributed by atoms with Crippen LogP contribution in [-0.2, 0) is 38.8 Å². The maximum atomic E-state index is 12.2. The Morgan fingerprint density at radius 2 is 0.957 bits per heavy atom. The smallest absolute Gasteiger partial charge is 1.00 e. The van der Waals surface area contributed by atoms with Crippen LogP contribution in [-0.4, -0.2) is 68.3 Å². The average molecular weight is 697 g/mol. The SMILES string of the molecule is CCCCCCCCCCCC(=O)NCCOC(=O)CC(C(=O)OCCNC(=O)CCCCCCCCCCC)S(=O)(=O)O.[H-].[H-].[Na+].[Na+]. The number of carbonyl (C=O) groups is 4. The van der Waals surface area contributed by atoms with Gasteiger partial charge in [-0.3, -0.25) is 23.7 Å². The van der Waals surface area contributed by atoms with E-state index in [9.17, 15) is 32.1 Å². The maximum Gasteiger partial charge on any atom is 1.00 e. The van der Waals surface area contributed by atoms with Crippen LogP contribution in [0.2, 0.25) is 0 Å². The number of esters is 2. The van der Waals surface area contributed by atoms with E-state index in [1.165, 1.54) is 77.0 Å². The fourth-order valence-electron chi connectivity index (χ4n) is 4.68. The van der Waals surface area contributed by atoms with Crippen molar-refractivity contribution in [3.05, 3.63) is 0 Å². The van der Waals surface area contributed by atoms with E-state index < -0.39 is 33.7 Å². The largest absolute Gasteiger partial charge is 1.00 e. The first-order chi connectivity index (χ1) is 21.1. The summed E-state index contributed by atoms with van der Waals surface area (Å²) < 4.78 is 42.5. The van der Waals surface area contributed by atoms with Gasteiger partial charge >= 0.3 is 71.1 Å². The van der Waals surface area contributed by atoms with E-state index in [4.69, 9.17) is 9.47 Å². The number of hydrogen-bond donors (Lipinski definition) is 3. The summed E-state index contributed by atoms with van der Waals surface area (Å²) in [7, 11) is -4.94. The molecular formula is C32H62N2Na2O9S. The molecule has 1 atom stereocenters. The number of nitrogens with one attached hydrogen (secondary N) is 2. The molecule has 0 rings (SSSR count). The topological polar surface area (TPSA) is 165 Å². The van der Waals surface area contributed by atoms with Gasteiger partial charge in [-0.15, -0.1) is 0 Å². The molecule has 0 bridgehead atoms. The third kappa shape index (κ3) is 32.3. The van der Waals surface area contributed by atoms with Gasteiger partial charge in [-0.1, -0.05) is 117 Å². The second kappa shape index (κ2) is 34.6. The molecule has 0 aromatic carbocycles. The van der Waals surface area contributed by atoms with E-state index in [1.54, 1.807) is 0 Å². The van der Waals surface area contributed by atoms with Crippen molar-refractivity contribution in [3.8, 4) is 0 Å². The Labute approximate surface area is 325 Å². The van der Waals surface area contributed by atoms with Gasteiger partial charge in [0.05, 0.1) is 19.5 Å². The van der Waals surface area contributed by atoms with Crippen LogP contribution in [0.4, 0.5) is 0 Å². The summed E-state index contributed by atoms with van der Waals surface area (Å²) in [6.07, 6.45) is 20.4. The molecule has 0 aromatic heterocycles. The molecule has 3 N–H and O–H groups in total. The van der Waals surface area contributed by atoms with E-state index >= 15 is 0 Å². The van der Waals surface area contributed by atoms with Gasteiger partial charge in [0.25, 0.3) is 10.1 Å². The molecule has 0 aliphatic heterocycles. The minimum Gasteiger partial charge on any atom is -1.00 e. The minimum absolute atomic E-state index is 0. The number of carbonyl (C=O) groups excluding carboxylic acids is 4. The number of ether oxygens (including phenoxy) is 2. The Kier molecular flexibility index (Phi) is 37.8. The summed E-state index contributed by atoms with van der Waals surface area (Å²) in [5.74, 6) is -2.71. The Hall–Kier alpha value is -0.210. The van der Waals surface area contributed by atoms with Crippen molar-refractivity contribution in [3.63, 3.8) is 0 Å². The fourth-order valence-corrected chi connectivity index (χ4v) is 5.34. The van der Waals surface area contributed by atoms with Crippen LogP contribution >= 0.6 is 0 Å². The molecule has 0 saturated carbocycles. The minimum atomic E-state index is -4.94. The Morgan fingerprint density at radius 3 is 1.33 bits per heavy atom. The first-order valence-corrected chi connectivity index (χ1v) is 18.4. The van der Waals surface area contributed by atoms with Gasteiger partial charge in [-0.05, 0) is 12.8 Å². The second-order valence-corrected chi connectivity index (χ2v) is 13.1. The van der Waals surface area contributed by atoms with E-state index in [1.807, 2.05) is 0 Å². The molecule has 0 heterocycles. The van der Waals surface area contributed by atoms with Crippen LogP contribution in [0, 0.1) is 0 Å². The van der Waals surface area contributed by atoms with E-state index in [-0.39, 0.29) is 100 Å². The molecule has 0 fully saturated rings. The van der Waals surface area contributed by atoms with Crippen molar-refractivity contribution >= 4 is 33.9 Å². The van der Waals surface area contributed by atoms with Crippen molar-refractivity contribution < 1.29 is 104 Å². The average Bonchev–Trinajstić information content (AvgIpc) is 2.98. The number of amides is 2. The molecular weight excluding hydrogens is 634 g/mol. The van der Waals surface area contributed by atoms with Crippen molar-refractivity contribution in [1.82, 2.24) is 10.6 Å².